The number of aromatic nitrogens is 3. The number of carbonyl (C=O) groups excluding carboxylic acids is 1. The maximum atomic E-state index is 14.1. The molecule has 1 saturated heterocycles. The summed E-state index contributed by atoms with van der Waals surface area (Å²) in [5, 5.41) is 13.4. The molecule has 3 aromatic rings. The van der Waals surface area contributed by atoms with Gasteiger partial charge >= 0.3 is 0 Å². The van der Waals surface area contributed by atoms with Gasteiger partial charge in [0.1, 0.15) is 30.0 Å². The van der Waals surface area contributed by atoms with Gasteiger partial charge in [-0.25, -0.2) is 9.97 Å². The summed E-state index contributed by atoms with van der Waals surface area (Å²) in [6, 6.07) is 7.93. The number of anilines is 1. The van der Waals surface area contributed by atoms with Crippen molar-refractivity contribution in [2.75, 3.05) is 31.6 Å². The molecule has 10 heteroatoms. The van der Waals surface area contributed by atoms with Gasteiger partial charge < -0.3 is 24.6 Å². The number of aryl methyl sites for hydroxylation is 1. The van der Waals surface area contributed by atoms with Crippen molar-refractivity contribution in [3.8, 4) is 0 Å². The van der Waals surface area contributed by atoms with Crippen LogP contribution < -0.4 is 5.32 Å². The largest absolute Gasteiger partial charge is 0.390 e. The molecule has 0 bridgehead atoms. The van der Waals surface area contributed by atoms with Crippen LogP contribution in [0.3, 0.4) is 0 Å². The Morgan fingerprint density at radius 3 is 2.63 bits per heavy atom. The lowest BCUT2D eigenvalue weighted by Gasteiger charge is -2.38. The summed E-state index contributed by atoms with van der Waals surface area (Å²) in [5.41, 5.74) is 2.37. The molecule has 1 saturated carbocycles. The molecule has 2 aromatic heterocycles. The third kappa shape index (κ3) is 5.44. The first kappa shape index (κ1) is 28.0. The Balaban J connectivity index is 1.23. The van der Waals surface area contributed by atoms with E-state index in [0.717, 1.165) is 68.3 Å². The molecule has 220 valence electrons. The summed E-state index contributed by atoms with van der Waals surface area (Å²) in [4.78, 5) is 24.5. The van der Waals surface area contributed by atoms with Crippen LogP contribution >= 0.6 is 0 Å². The highest BCUT2D eigenvalue weighted by Crippen LogP contribution is 2.41. The Hall–Kier alpha value is -3.11. The lowest BCUT2D eigenvalue weighted by atomic mass is 9.88. The molecule has 1 amide bonds. The number of piperidine rings is 1. The lowest BCUT2D eigenvalue weighted by molar-refractivity contribution is -0.138. The van der Waals surface area contributed by atoms with Crippen molar-refractivity contribution < 1.29 is 23.4 Å². The van der Waals surface area contributed by atoms with Gasteiger partial charge in [0.15, 0.2) is 0 Å². The van der Waals surface area contributed by atoms with Crippen LogP contribution in [0.25, 0.3) is 11.0 Å². The van der Waals surface area contributed by atoms with Gasteiger partial charge in [0.2, 0.25) is 5.91 Å². The van der Waals surface area contributed by atoms with Gasteiger partial charge in [-0.15, -0.1) is 0 Å². The molecule has 41 heavy (non-hydrogen) atoms. The average molecular weight is 568 g/mol. The number of nitrogens with one attached hydrogen (secondary N) is 1. The lowest BCUT2D eigenvalue weighted by Crippen LogP contribution is -2.43. The number of aliphatic hydroxyl groups excluding tert-OH is 1. The van der Waals surface area contributed by atoms with E-state index < -0.39 is 12.5 Å². The predicted octanol–water partition coefficient (Wildman–Crippen LogP) is 5.50. The smallest absolute Gasteiger partial charge is 0.295 e. The van der Waals surface area contributed by atoms with Crippen LogP contribution in [-0.4, -0.2) is 56.8 Å². The van der Waals surface area contributed by atoms with E-state index in [9.17, 15) is 13.6 Å². The number of rotatable bonds is 7. The number of alkyl halides is 2. The van der Waals surface area contributed by atoms with E-state index >= 15 is 0 Å². The summed E-state index contributed by atoms with van der Waals surface area (Å²) >= 11 is 0. The highest BCUT2D eigenvalue weighted by molar-refractivity contribution is 5.89. The number of carbonyl (C=O) groups is 1. The zero-order valence-corrected chi connectivity index (χ0v) is 23.8. The number of hydrogen-bond donors (Lipinski definition) is 2. The van der Waals surface area contributed by atoms with Gasteiger partial charge in [-0.05, 0) is 63.1 Å². The Labute approximate surface area is 239 Å². The molecule has 0 spiro atoms. The number of ether oxygens (including phenoxy) is 1. The fourth-order valence-electron chi connectivity index (χ4n) is 6.84. The van der Waals surface area contributed by atoms with Crippen LogP contribution in [0.5, 0.6) is 0 Å². The predicted molar refractivity (Wildman–Crippen MR) is 152 cm³/mol. The van der Waals surface area contributed by atoms with Crippen molar-refractivity contribution in [2.45, 2.75) is 77.0 Å². The second kappa shape index (κ2) is 11.3. The Morgan fingerprint density at radius 2 is 1.90 bits per heavy atom. The third-order valence-corrected chi connectivity index (χ3v) is 9.15. The Kier molecular flexibility index (Phi) is 7.72. The van der Waals surface area contributed by atoms with Gasteiger partial charge in [-0.2, -0.15) is 8.78 Å². The van der Waals surface area contributed by atoms with Gasteiger partial charge in [-0.1, -0.05) is 31.0 Å². The summed E-state index contributed by atoms with van der Waals surface area (Å²) in [5.74, 6) is -1.17. The second-order valence-electron chi connectivity index (χ2n) is 11.9. The first-order valence-electron chi connectivity index (χ1n) is 14.9. The van der Waals surface area contributed by atoms with Crippen LogP contribution in [0.4, 0.5) is 14.6 Å². The van der Waals surface area contributed by atoms with E-state index in [-0.39, 0.29) is 23.6 Å². The van der Waals surface area contributed by atoms with E-state index in [2.05, 4.69) is 20.9 Å². The number of aliphatic hydroxyl groups is 1. The molecular formula is C31H39F2N5O3. The Morgan fingerprint density at radius 1 is 1.15 bits per heavy atom. The molecule has 6 rings (SSSR count). The Bertz CT molecular complexity index is 1410. The summed E-state index contributed by atoms with van der Waals surface area (Å²) in [7, 11) is 0. The highest BCUT2D eigenvalue weighted by Gasteiger charge is 2.36. The topological polar surface area (TPSA) is 92.5 Å². The quantitative estimate of drug-likeness (QED) is 0.392. The number of fused-ring (bicyclic) bond motifs is 3. The maximum absolute atomic E-state index is 14.1. The van der Waals surface area contributed by atoms with Gasteiger partial charge in [0.05, 0.1) is 12.0 Å². The number of amides is 1. The minimum atomic E-state index is -3.30. The monoisotopic (exact) mass is 567 g/mol. The first-order chi connectivity index (χ1) is 19.7. The average Bonchev–Trinajstić information content (AvgIpc) is 3.66. The molecule has 1 aromatic carbocycles. The summed E-state index contributed by atoms with van der Waals surface area (Å²) in [6.07, 6.45) is 6.12. The molecule has 0 radical (unpaired) electrons. The molecule has 2 fully saturated rings. The fourth-order valence-corrected chi connectivity index (χ4v) is 6.84. The van der Waals surface area contributed by atoms with Crippen LogP contribution in [0, 0.1) is 18.8 Å². The highest BCUT2D eigenvalue weighted by atomic mass is 19.3. The zero-order chi connectivity index (χ0) is 28.7. The molecule has 1 unspecified atom stereocenters. The summed E-state index contributed by atoms with van der Waals surface area (Å²) in [6.45, 7) is 5.36. The third-order valence-electron chi connectivity index (χ3n) is 9.15. The fraction of sp³-hybridized carbons (Fsp3) is 0.581. The molecule has 2 aliphatic heterocycles. The molecule has 3 aliphatic rings. The minimum absolute atomic E-state index is 0.0790. The molecule has 2 atom stereocenters. The van der Waals surface area contributed by atoms with Gasteiger partial charge in [0, 0.05) is 42.9 Å². The molecule has 4 heterocycles. The van der Waals surface area contributed by atoms with Crippen molar-refractivity contribution >= 4 is 22.8 Å². The minimum Gasteiger partial charge on any atom is -0.390 e. The van der Waals surface area contributed by atoms with Crippen molar-refractivity contribution in [3.63, 3.8) is 0 Å². The first-order valence-corrected chi connectivity index (χ1v) is 14.9. The number of likely N-dealkylation sites (tertiary alicyclic amines) is 1. The van der Waals surface area contributed by atoms with Crippen LogP contribution in [0.15, 0.2) is 30.3 Å². The van der Waals surface area contributed by atoms with Gasteiger partial charge in [0.25, 0.3) is 5.92 Å². The van der Waals surface area contributed by atoms with Crippen molar-refractivity contribution in [1.29, 1.82) is 0 Å². The normalized spacial score (nSPS) is 21.3. The molecule has 1 aliphatic carbocycles. The van der Waals surface area contributed by atoms with Gasteiger partial charge in [-0.3, -0.25) is 4.79 Å². The maximum Gasteiger partial charge on any atom is 0.295 e. The zero-order valence-electron chi connectivity index (χ0n) is 23.8. The van der Waals surface area contributed by atoms with E-state index in [1.807, 2.05) is 13.8 Å². The van der Waals surface area contributed by atoms with Crippen LogP contribution in [0.2, 0.25) is 0 Å². The number of nitrogens with zero attached hydrogens (tertiary/aromatic N) is 4. The molecular weight excluding hydrogens is 528 g/mol. The van der Waals surface area contributed by atoms with Crippen molar-refractivity contribution in [1.82, 2.24) is 19.4 Å². The number of hydrogen-bond acceptors (Lipinski definition) is 6. The van der Waals surface area contributed by atoms with Crippen LogP contribution in [0.1, 0.15) is 80.2 Å². The SMILES string of the molecule is Cc1nc(N[C@H](C)c2cccc(C(F)(F)CO)c2)c2cc3n(c2n1)CCOC3C1CCN(C(=O)C2CCCC2)CC1. The molecule has 8 nitrogen and oxygen atoms in total. The van der Waals surface area contributed by atoms with Crippen molar-refractivity contribution in [2.24, 2.45) is 11.8 Å². The number of benzene rings is 1. The summed E-state index contributed by atoms with van der Waals surface area (Å²) < 4.78 is 36.9. The van der Waals surface area contributed by atoms with E-state index in [1.165, 1.54) is 12.1 Å². The van der Waals surface area contributed by atoms with E-state index in [1.54, 1.807) is 12.1 Å². The number of halogens is 2. The van der Waals surface area contributed by atoms with E-state index in [0.29, 0.717) is 42.2 Å². The molecule has 2 N–H and O–H groups in total. The standard InChI is InChI=1S/C31H39F2N5O3/c1-19(23-8-5-9-24(16-23)31(32,33)18-39)34-28-25-17-26-27(41-15-14-38(26)29(25)36-20(2)35-28)21-10-12-37(13-11-21)30(40)22-6-3-4-7-22/h5,8-9,16-17,19,21-22,27,39H,3-4,6-7,10-15,18H2,1-2H3,(H,34,35,36)/t19-,27?/m1/s1. The van der Waals surface area contributed by atoms with E-state index in [4.69, 9.17) is 19.8 Å². The second-order valence-corrected chi connectivity index (χ2v) is 11.9. The van der Waals surface area contributed by atoms with Crippen LogP contribution in [-0.2, 0) is 22.0 Å². The van der Waals surface area contributed by atoms with Crippen molar-refractivity contribution in [3.05, 3.63) is 53.0 Å².